The molecule has 1 amide bonds. The second-order valence-electron chi connectivity index (χ2n) is 5.11. The van der Waals surface area contributed by atoms with Gasteiger partial charge >= 0.3 is 6.09 Å². The fourth-order valence-corrected chi connectivity index (χ4v) is 1.50. The molecule has 19 heavy (non-hydrogen) atoms. The number of amides is 1. The number of nitrogens with one attached hydrogen (secondary N) is 2. The van der Waals surface area contributed by atoms with Gasteiger partial charge < -0.3 is 9.72 Å². The van der Waals surface area contributed by atoms with Crippen LogP contribution in [0.2, 0.25) is 0 Å². The van der Waals surface area contributed by atoms with Crippen LogP contribution in [0, 0.1) is 0 Å². The van der Waals surface area contributed by atoms with Gasteiger partial charge in [-0.3, -0.25) is 5.43 Å². The van der Waals surface area contributed by atoms with Gasteiger partial charge in [-0.25, -0.2) is 19.8 Å². The number of H-pyrrole nitrogens is 1. The van der Waals surface area contributed by atoms with E-state index in [9.17, 15) is 4.79 Å². The van der Waals surface area contributed by atoms with E-state index in [1.807, 2.05) is 26.8 Å². The van der Waals surface area contributed by atoms with Gasteiger partial charge in [-0.15, -0.1) is 0 Å². The lowest BCUT2D eigenvalue weighted by atomic mass is 10.2. The molecule has 102 valence electrons. The van der Waals surface area contributed by atoms with Gasteiger partial charge in [-0.1, -0.05) is 0 Å². The molecule has 2 aromatic rings. The molecule has 0 aliphatic rings. The van der Waals surface area contributed by atoms with Crippen molar-refractivity contribution in [2.75, 3.05) is 12.5 Å². The van der Waals surface area contributed by atoms with Gasteiger partial charge in [-0.2, -0.15) is 0 Å². The Kier molecular flexibility index (Phi) is 3.28. The molecule has 0 radical (unpaired) electrons. The highest BCUT2D eigenvalue weighted by molar-refractivity contribution is 5.87. The SMILES string of the molecule is CN(Nc1ncnc2[nH]ccc12)C(=O)OC(C)(C)C. The molecule has 0 fully saturated rings. The van der Waals surface area contributed by atoms with Crippen LogP contribution >= 0.6 is 0 Å². The first-order chi connectivity index (χ1) is 8.87. The molecule has 2 aromatic heterocycles. The number of carbonyl (C=O) groups excluding carboxylic acids is 1. The minimum absolute atomic E-state index is 0.477. The van der Waals surface area contributed by atoms with Crippen molar-refractivity contribution in [3.8, 4) is 0 Å². The number of nitrogens with zero attached hydrogens (tertiary/aromatic N) is 3. The van der Waals surface area contributed by atoms with E-state index in [2.05, 4.69) is 20.4 Å². The minimum Gasteiger partial charge on any atom is -0.442 e. The lowest BCUT2D eigenvalue weighted by Crippen LogP contribution is -2.37. The average molecular weight is 263 g/mol. The number of fused-ring (bicyclic) bond motifs is 1. The van der Waals surface area contributed by atoms with Gasteiger partial charge in [0.2, 0.25) is 0 Å². The maximum absolute atomic E-state index is 11.8. The molecule has 7 heteroatoms. The number of hydrazine groups is 1. The maximum atomic E-state index is 11.8. The summed E-state index contributed by atoms with van der Waals surface area (Å²) in [6, 6.07) is 1.83. The number of rotatable bonds is 2. The van der Waals surface area contributed by atoms with Gasteiger partial charge in [0, 0.05) is 13.2 Å². The third-order valence-corrected chi connectivity index (χ3v) is 2.29. The van der Waals surface area contributed by atoms with Crippen LogP contribution in [0.5, 0.6) is 0 Å². The summed E-state index contributed by atoms with van der Waals surface area (Å²) in [5, 5.41) is 2.05. The Bertz CT molecular complexity index is 587. The van der Waals surface area contributed by atoms with Crippen LogP contribution in [-0.4, -0.2) is 38.7 Å². The standard InChI is InChI=1S/C12H17N5O2/c1-12(2,3)19-11(18)17(4)16-10-8-5-6-13-9(8)14-7-15-10/h5-7H,1-4H3,(H2,13,14,15,16). The third kappa shape index (κ3) is 3.12. The first-order valence-electron chi connectivity index (χ1n) is 5.88. The van der Waals surface area contributed by atoms with Gasteiger partial charge in [0.25, 0.3) is 0 Å². The largest absolute Gasteiger partial charge is 0.442 e. The fraction of sp³-hybridized carbons (Fsp3) is 0.417. The molecule has 0 aliphatic heterocycles. The van der Waals surface area contributed by atoms with Gasteiger partial charge in [0.1, 0.15) is 17.6 Å². The quantitative estimate of drug-likeness (QED) is 0.811. The zero-order valence-corrected chi connectivity index (χ0v) is 11.4. The van der Waals surface area contributed by atoms with Crippen LogP contribution in [0.1, 0.15) is 20.8 Å². The molecule has 0 unspecified atom stereocenters. The van der Waals surface area contributed by atoms with Crippen LogP contribution in [0.25, 0.3) is 11.0 Å². The zero-order chi connectivity index (χ0) is 14.0. The smallest absolute Gasteiger partial charge is 0.428 e. The Morgan fingerprint density at radius 1 is 1.42 bits per heavy atom. The summed E-state index contributed by atoms with van der Waals surface area (Å²) in [5.41, 5.74) is 3.05. The van der Waals surface area contributed by atoms with Crippen molar-refractivity contribution >= 4 is 22.9 Å². The number of ether oxygens (including phenoxy) is 1. The normalized spacial score (nSPS) is 11.4. The van der Waals surface area contributed by atoms with Crippen LogP contribution in [0.3, 0.4) is 0 Å². The molecular formula is C12H17N5O2. The number of carbonyl (C=O) groups is 1. The number of hydrogen-bond acceptors (Lipinski definition) is 5. The predicted octanol–water partition coefficient (Wildman–Crippen LogP) is 2.15. The summed E-state index contributed by atoms with van der Waals surface area (Å²) in [4.78, 5) is 23.0. The summed E-state index contributed by atoms with van der Waals surface area (Å²) >= 11 is 0. The molecule has 0 aliphatic carbocycles. The van der Waals surface area contributed by atoms with E-state index >= 15 is 0 Å². The third-order valence-electron chi connectivity index (χ3n) is 2.29. The summed E-state index contributed by atoms with van der Waals surface area (Å²) in [7, 11) is 1.58. The van der Waals surface area contributed by atoms with E-state index in [1.165, 1.54) is 11.3 Å². The summed E-state index contributed by atoms with van der Waals surface area (Å²) in [6.45, 7) is 5.44. The molecule has 2 heterocycles. The number of aromatic amines is 1. The summed E-state index contributed by atoms with van der Waals surface area (Å²) in [5.74, 6) is 0.541. The maximum Gasteiger partial charge on any atom is 0.428 e. The van der Waals surface area contributed by atoms with Crippen LogP contribution in [0.15, 0.2) is 18.6 Å². The van der Waals surface area contributed by atoms with Crippen molar-refractivity contribution < 1.29 is 9.53 Å². The molecule has 0 saturated carbocycles. The monoisotopic (exact) mass is 263 g/mol. The molecule has 0 atom stereocenters. The van der Waals surface area contributed by atoms with Crippen LogP contribution < -0.4 is 5.43 Å². The molecule has 0 saturated heterocycles. The first-order valence-corrected chi connectivity index (χ1v) is 5.88. The Labute approximate surface area is 111 Å². The average Bonchev–Trinajstić information content (AvgIpc) is 2.75. The van der Waals surface area contributed by atoms with E-state index in [0.29, 0.717) is 11.5 Å². The van der Waals surface area contributed by atoms with Crippen molar-refractivity contribution in [1.29, 1.82) is 0 Å². The minimum atomic E-state index is -0.540. The van der Waals surface area contributed by atoms with Crippen LogP contribution in [-0.2, 0) is 4.74 Å². The van der Waals surface area contributed by atoms with Gasteiger partial charge in [-0.05, 0) is 26.8 Å². The zero-order valence-electron chi connectivity index (χ0n) is 11.4. The lowest BCUT2D eigenvalue weighted by Gasteiger charge is -2.25. The van der Waals surface area contributed by atoms with Crippen molar-refractivity contribution in [3.05, 3.63) is 18.6 Å². The Hall–Kier alpha value is -2.31. The number of anilines is 1. The van der Waals surface area contributed by atoms with Crippen molar-refractivity contribution in [1.82, 2.24) is 20.0 Å². The number of hydrogen-bond donors (Lipinski definition) is 2. The van der Waals surface area contributed by atoms with Gasteiger partial charge in [0.15, 0.2) is 5.82 Å². The Morgan fingerprint density at radius 2 is 2.16 bits per heavy atom. The Morgan fingerprint density at radius 3 is 2.84 bits per heavy atom. The summed E-state index contributed by atoms with van der Waals surface area (Å²) < 4.78 is 5.24. The second-order valence-corrected chi connectivity index (χ2v) is 5.11. The topological polar surface area (TPSA) is 83.1 Å². The molecule has 2 N–H and O–H groups in total. The summed E-state index contributed by atoms with van der Waals surface area (Å²) in [6.07, 6.45) is 2.71. The molecule has 0 spiro atoms. The van der Waals surface area contributed by atoms with E-state index in [-0.39, 0.29) is 0 Å². The molecule has 2 rings (SSSR count). The highest BCUT2D eigenvalue weighted by atomic mass is 16.6. The fourth-order valence-electron chi connectivity index (χ4n) is 1.50. The second kappa shape index (κ2) is 4.75. The van der Waals surface area contributed by atoms with Crippen molar-refractivity contribution in [2.24, 2.45) is 0 Å². The van der Waals surface area contributed by atoms with Crippen molar-refractivity contribution in [2.45, 2.75) is 26.4 Å². The molecule has 0 aromatic carbocycles. The van der Waals surface area contributed by atoms with Gasteiger partial charge in [0.05, 0.1) is 5.39 Å². The molecule has 7 nitrogen and oxygen atoms in total. The Balaban J connectivity index is 2.12. The van der Waals surface area contributed by atoms with Crippen LogP contribution in [0.4, 0.5) is 10.6 Å². The molecule has 0 bridgehead atoms. The highest BCUT2D eigenvalue weighted by Crippen LogP contribution is 2.18. The highest BCUT2D eigenvalue weighted by Gasteiger charge is 2.20. The molecular weight excluding hydrogens is 246 g/mol. The van der Waals surface area contributed by atoms with Crippen molar-refractivity contribution in [3.63, 3.8) is 0 Å². The van der Waals surface area contributed by atoms with E-state index in [1.54, 1.807) is 13.2 Å². The predicted molar refractivity (Wildman–Crippen MR) is 71.5 cm³/mol. The van der Waals surface area contributed by atoms with E-state index in [0.717, 1.165) is 5.39 Å². The lowest BCUT2D eigenvalue weighted by molar-refractivity contribution is 0.0338. The number of aromatic nitrogens is 3. The van der Waals surface area contributed by atoms with E-state index in [4.69, 9.17) is 4.74 Å². The first kappa shape index (κ1) is 13.1. The van der Waals surface area contributed by atoms with E-state index < -0.39 is 11.7 Å².